The first-order chi connectivity index (χ1) is 7.70. The first-order valence-corrected chi connectivity index (χ1v) is 6.17. The second-order valence-electron chi connectivity index (χ2n) is 5.05. The van der Waals surface area contributed by atoms with Crippen LogP contribution in [-0.4, -0.2) is 25.0 Å². The number of aryl methyl sites for hydroxylation is 1. The summed E-state index contributed by atoms with van der Waals surface area (Å²) in [7, 11) is 2.19. The van der Waals surface area contributed by atoms with Crippen LogP contribution in [0.4, 0.5) is 0 Å². The van der Waals surface area contributed by atoms with Gasteiger partial charge in [-0.2, -0.15) is 0 Å². The summed E-state index contributed by atoms with van der Waals surface area (Å²) in [5.74, 6) is 0.921. The monoisotopic (exact) mass is 218 g/mol. The van der Waals surface area contributed by atoms with E-state index in [9.17, 15) is 0 Å². The first-order valence-electron chi connectivity index (χ1n) is 6.17. The third-order valence-corrected chi connectivity index (χ3v) is 3.46. The maximum Gasteiger partial charge on any atom is 0.0467 e. The van der Waals surface area contributed by atoms with E-state index in [-0.39, 0.29) is 0 Å². The van der Waals surface area contributed by atoms with Crippen molar-refractivity contribution < 1.29 is 0 Å². The van der Waals surface area contributed by atoms with Crippen LogP contribution in [0, 0.1) is 12.8 Å². The minimum Gasteiger partial charge on any atom is -0.329 e. The van der Waals surface area contributed by atoms with Gasteiger partial charge < -0.3 is 5.73 Å². The zero-order valence-corrected chi connectivity index (χ0v) is 10.3. The highest BCUT2D eigenvalue weighted by molar-refractivity contribution is 5.24. The normalized spacial score (nSPS) is 17.8. The summed E-state index contributed by atoms with van der Waals surface area (Å²) in [4.78, 5) is 2.41. The molecule has 0 aromatic heterocycles. The molecule has 1 fully saturated rings. The Morgan fingerprint density at radius 1 is 1.31 bits per heavy atom. The summed E-state index contributed by atoms with van der Waals surface area (Å²) < 4.78 is 0. The Kier molecular flexibility index (Phi) is 3.62. The maximum atomic E-state index is 5.90. The second kappa shape index (κ2) is 4.98. The minimum absolute atomic E-state index is 0.376. The average molecular weight is 218 g/mol. The minimum atomic E-state index is 0.376. The Labute approximate surface area is 98.4 Å². The number of nitrogens with zero attached hydrogens (tertiary/aromatic N) is 1. The number of nitrogens with two attached hydrogens (primary N) is 1. The lowest BCUT2D eigenvalue weighted by Gasteiger charge is -2.27. The molecule has 16 heavy (non-hydrogen) atoms. The molecule has 1 aliphatic carbocycles. The molecule has 88 valence electrons. The average Bonchev–Trinajstić information content (AvgIpc) is 3.06. The molecule has 2 N–H and O–H groups in total. The van der Waals surface area contributed by atoms with Crippen molar-refractivity contribution >= 4 is 0 Å². The van der Waals surface area contributed by atoms with Crippen molar-refractivity contribution in [2.45, 2.75) is 25.8 Å². The van der Waals surface area contributed by atoms with Gasteiger partial charge in [-0.25, -0.2) is 0 Å². The molecule has 1 unspecified atom stereocenters. The molecule has 2 heteroatoms. The van der Waals surface area contributed by atoms with Crippen LogP contribution in [0.15, 0.2) is 24.3 Å². The fourth-order valence-corrected chi connectivity index (χ4v) is 2.19. The number of rotatable bonds is 5. The molecule has 2 nitrogen and oxygen atoms in total. The van der Waals surface area contributed by atoms with Gasteiger partial charge in [0.2, 0.25) is 0 Å². The molecule has 2 rings (SSSR count). The summed E-state index contributed by atoms with van der Waals surface area (Å²) in [5.41, 5.74) is 8.55. The van der Waals surface area contributed by atoms with E-state index >= 15 is 0 Å². The predicted octanol–water partition coefficient (Wildman–Crippen LogP) is 2.34. The number of hydrogen-bond acceptors (Lipinski definition) is 2. The molecule has 0 radical (unpaired) electrons. The molecule has 0 heterocycles. The Morgan fingerprint density at radius 3 is 2.44 bits per heavy atom. The van der Waals surface area contributed by atoms with Crippen LogP contribution in [0.5, 0.6) is 0 Å². The molecule has 1 saturated carbocycles. The number of benzene rings is 1. The van der Waals surface area contributed by atoms with Crippen LogP contribution < -0.4 is 5.73 Å². The van der Waals surface area contributed by atoms with Gasteiger partial charge in [-0.05, 0) is 38.3 Å². The molecule has 1 aliphatic rings. The predicted molar refractivity (Wildman–Crippen MR) is 68.3 cm³/mol. The summed E-state index contributed by atoms with van der Waals surface area (Å²) in [6.07, 6.45) is 2.80. The Morgan fingerprint density at radius 2 is 1.94 bits per heavy atom. The molecule has 1 aromatic carbocycles. The fourth-order valence-electron chi connectivity index (χ4n) is 2.19. The van der Waals surface area contributed by atoms with E-state index in [1.165, 1.54) is 30.5 Å². The summed E-state index contributed by atoms with van der Waals surface area (Å²) in [6.45, 7) is 4.01. The Hall–Kier alpha value is -0.860. The van der Waals surface area contributed by atoms with Crippen molar-refractivity contribution in [3.8, 4) is 0 Å². The molecule has 1 atom stereocenters. The van der Waals surface area contributed by atoms with Gasteiger partial charge in [0.15, 0.2) is 0 Å². The van der Waals surface area contributed by atoms with Gasteiger partial charge in [0.05, 0.1) is 0 Å². The molecule has 0 saturated heterocycles. The first kappa shape index (κ1) is 11.6. The van der Waals surface area contributed by atoms with Crippen molar-refractivity contribution in [3.05, 3.63) is 35.4 Å². The van der Waals surface area contributed by atoms with E-state index in [2.05, 4.69) is 43.1 Å². The SMILES string of the molecule is Cc1ccc(C(CN)N(C)CC2CC2)cc1. The van der Waals surface area contributed by atoms with Gasteiger partial charge in [-0.3, -0.25) is 4.90 Å². The van der Waals surface area contributed by atoms with Gasteiger partial charge in [-0.1, -0.05) is 29.8 Å². The van der Waals surface area contributed by atoms with Gasteiger partial charge in [-0.15, -0.1) is 0 Å². The lowest BCUT2D eigenvalue weighted by atomic mass is 10.0. The van der Waals surface area contributed by atoms with E-state index in [0.717, 1.165) is 5.92 Å². The molecule has 0 bridgehead atoms. The van der Waals surface area contributed by atoms with Gasteiger partial charge in [0, 0.05) is 19.1 Å². The molecular formula is C14H22N2. The van der Waals surface area contributed by atoms with Crippen molar-refractivity contribution in [2.24, 2.45) is 11.7 Å². The third kappa shape index (κ3) is 2.83. The van der Waals surface area contributed by atoms with Gasteiger partial charge in [0.25, 0.3) is 0 Å². The zero-order valence-electron chi connectivity index (χ0n) is 10.3. The standard InChI is InChI=1S/C14H22N2/c1-11-3-7-13(8-4-11)14(9-15)16(2)10-12-5-6-12/h3-4,7-8,12,14H,5-6,9-10,15H2,1-2H3. The van der Waals surface area contributed by atoms with Crippen LogP contribution in [0.3, 0.4) is 0 Å². The van der Waals surface area contributed by atoms with E-state index in [1.807, 2.05) is 0 Å². The highest BCUT2D eigenvalue weighted by atomic mass is 15.1. The fraction of sp³-hybridized carbons (Fsp3) is 0.571. The van der Waals surface area contributed by atoms with E-state index in [0.29, 0.717) is 12.6 Å². The lowest BCUT2D eigenvalue weighted by molar-refractivity contribution is 0.240. The molecule has 0 spiro atoms. The maximum absolute atomic E-state index is 5.90. The van der Waals surface area contributed by atoms with Crippen LogP contribution >= 0.6 is 0 Å². The van der Waals surface area contributed by atoms with Gasteiger partial charge >= 0.3 is 0 Å². The largest absolute Gasteiger partial charge is 0.329 e. The molecular weight excluding hydrogens is 196 g/mol. The lowest BCUT2D eigenvalue weighted by Crippen LogP contribution is -2.32. The van der Waals surface area contributed by atoms with E-state index in [4.69, 9.17) is 5.73 Å². The highest BCUT2D eigenvalue weighted by Gasteiger charge is 2.26. The highest BCUT2D eigenvalue weighted by Crippen LogP contribution is 2.31. The summed E-state index contributed by atoms with van der Waals surface area (Å²) >= 11 is 0. The summed E-state index contributed by atoms with van der Waals surface area (Å²) in [5, 5.41) is 0. The van der Waals surface area contributed by atoms with Crippen molar-refractivity contribution in [2.75, 3.05) is 20.1 Å². The van der Waals surface area contributed by atoms with Crippen molar-refractivity contribution in [3.63, 3.8) is 0 Å². The molecule has 1 aromatic rings. The summed E-state index contributed by atoms with van der Waals surface area (Å²) in [6, 6.07) is 9.12. The number of likely N-dealkylation sites (N-methyl/N-ethyl adjacent to an activating group) is 1. The van der Waals surface area contributed by atoms with Crippen LogP contribution in [0.2, 0.25) is 0 Å². The topological polar surface area (TPSA) is 29.3 Å². The van der Waals surface area contributed by atoms with E-state index in [1.54, 1.807) is 0 Å². The molecule has 0 amide bonds. The zero-order chi connectivity index (χ0) is 11.5. The molecule has 0 aliphatic heterocycles. The van der Waals surface area contributed by atoms with Crippen LogP contribution in [-0.2, 0) is 0 Å². The Balaban J connectivity index is 2.04. The van der Waals surface area contributed by atoms with E-state index < -0.39 is 0 Å². The Bertz CT molecular complexity index is 327. The second-order valence-corrected chi connectivity index (χ2v) is 5.05. The smallest absolute Gasteiger partial charge is 0.0467 e. The van der Waals surface area contributed by atoms with Crippen LogP contribution in [0.25, 0.3) is 0 Å². The van der Waals surface area contributed by atoms with Crippen LogP contribution in [0.1, 0.15) is 30.0 Å². The van der Waals surface area contributed by atoms with Crippen molar-refractivity contribution in [1.29, 1.82) is 0 Å². The number of hydrogen-bond donors (Lipinski definition) is 1. The van der Waals surface area contributed by atoms with Gasteiger partial charge in [0.1, 0.15) is 0 Å². The third-order valence-electron chi connectivity index (χ3n) is 3.46. The quantitative estimate of drug-likeness (QED) is 0.822. The van der Waals surface area contributed by atoms with Crippen molar-refractivity contribution in [1.82, 2.24) is 4.90 Å².